The summed E-state index contributed by atoms with van der Waals surface area (Å²) in [6, 6.07) is 10.1. The molecule has 6 heteroatoms. The number of carbonyl (C=O) groups is 2. The largest absolute Gasteiger partial charge is 0.341 e. The molecule has 2 amide bonds. The number of imidazole rings is 1. The minimum atomic E-state index is 0.0393. The van der Waals surface area contributed by atoms with Crippen molar-refractivity contribution in [2.45, 2.75) is 32.4 Å². The fraction of sp³-hybridized carbons (Fsp3) is 0.450. The minimum absolute atomic E-state index is 0.0393. The zero-order chi connectivity index (χ0) is 18.0. The van der Waals surface area contributed by atoms with Crippen LogP contribution in [0.15, 0.2) is 49.1 Å². The van der Waals surface area contributed by atoms with Crippen LogP contribution in [0.2, 0.25) is 0 Å². The van der Waals surface area contributed by atoms with Gasteiger partial charge in [-0.25, -0.2) is 4.98 Å². The molecule has 136 valence electrons. The van der Waals surface area contributed by atoms with E-state index in [1.165, 1.54) is 5.56 Å². The molecule has 1 aromatic carbocycles. The van der Waals surface area contributed by atoms with Crippen molar-refractivity contribution in [3.05, 3.63) is 54.6 Å². The average Bonchev–Trinajstić information content (AvgIpc) is 3.25. The standard InChI is InChI=1S/C20H24N4O2/c25-18-12-20(15-24(18)13-17-4-2-1-3-5-17)6-9-23(10-7-20)19(26)14-22-11-8-21-16-22/h1-5,8,11,16H,6-7,9-10,12-15H2. The Bertz CT molecular complexity index is 764. The van der Waals surface area contributed by atoms with Crippen LogP contribution in [-0.2, 0) is 22.7 Å². The molecule has 0 atom stereocenters. The summed E-state index contributed by atoms with van der Waals surface area (Å²) in [7, 11) is 0. The summed E-state index contributed by atoms with van der Waals surface area (Å²) in [5.74, 6) is 0.371. The second-order valence-corrected chi connectivity index (χ2v) is 7.53. The molecule has 26 heavy (non-hydrogen) atoms. The monoisotopic (exact) mass is 352 g/mol. The Hall–Kier alpha value is -2.63. The van der Waals surface area contributed by atoms with Crippen molar-refractivity contribution in [3.63, 3.8) is 0 Å². The van der Waals surface area contributed by atoms with Crippen molar-refractivity contribution in [2.24, 2.45) is 5.41 Å². The molecule has 0 saturated carbocycles. The Labute approximate surface area is 153 Å². The highest BCUT2D eigenvalue weighted by Gasteiger charge is 2.45. The average molecular weight is 352 g/mol. The lowest BCUT2D eigenvalue weighted by molar-refractivity contribution is -0.134. The Morgan fingerprint density at radius 2 is 1.92 bits per heavy atom. The molecule has 4 rings (SSSR count). The molecule has 2 aromatic rings. The van der Waals surface area contributed by atoms with Crippen molar-refractivity contribution < 1.29 is 9.59 Å². The van der Waals surface area contributed by atoms with E-state index in [1.54, 1.807) is 23.3 Å². The second-order valence-electron chi connectivity index (χ2n) is 7.53. The van der Waals surface area contributed by atoms with Crippen molar-refractivity contribution in [2.75, 3.05) is 19.6 Å². The highest BCUT2D eigenvalue weighted by Crippen LogP contribution is 2.41. The van der Waals surface area contributed by atoms with Crippen LogP contribution in [0.25, 0.3) is 0 Å². The Kier molecular flexibility index (Phi) is 4.49. The van der Waals surface area contributed by atoms with Gasteiger partial charge in [-0.15, -0.1) is 0 Å². The van der Waals surface area contributed by atoms with Gasteiger partial charge in [0.25, 0.3) is 0 Å². The van der Waals surface area contributed by atoms with Crippen LogP contribution in [0.3, 0.4) is 0 Å². The van der Waals surface area contributed by atoms with E-state index in [2.05, 4.69) is 17.1 Å². The maximum Gasteiger partial charge on any atom is 0.242 e. The lowest BCUT2D eigenvalue weighted by Gasteiger charge is -2.38. The van der Waals surface area contributed by atoms with Gasteiger partial charge in [0, 0.05) is 50.4 Å². The van der Waals surface area contributed by atoms with Crippen molar-refractivity contribution >= 4 is 11.8 Å². The van der Waals surface area contributed by atoms with Gasteiger partial charge < -0.3 is 14.4 Å². The van der Waals surface area contributed by atoms with Crippen molar-refractivity contribution in [1.82, 2.24) is 19.4 Å². The van der Waals surface area contributed by atoms with Gasteiger partial charge in [0.1, 0.15) is 6.54 Å². The number of carbonyl (C=O) groups excluding carboxylic acids is 2. The number of piperidine rings is 1. The first kappa shape index (κ1) is 16.8. The molecule has 2 saturated heterocycles. The summed E-state index contributed by atoms with van der Waals surface area (Å²) >= 11 is 0. The fourth-order valence-electron chi connectivity index (χ4n) is 4.13. The normalized spacial score (nSPS) is 19.3. The van der Waals surface area contributed by atoms with E-state index in [0.717, 1.165) is 32.5 Å². The SMILES string of the molecule is O=C(Cn1ccnc1)N1CCC2(CC1)CC(=O)N(Cc1ccccc1)C2. The van der Waals surface area contributed by atoms with Gasteiger partial charge in [-0.1, -0.05) is 30.3 Å². The van der Waals surface area contributed by atoms with Gasteiger partial charge in [-0.05, 0) is 18.4 Å². The highest BCUT2D eigenvalue weighted by atomic mass is 16.2. The smallest absolute Gasteiger partial charge is 0.242 e. The Morgan fingerprint density at radius 1 is 1.15 bits per heavy atom. The van der Waals surface area contributed by atoms with Crippen LogP contribution in [0.4, 0.5) is 0 Å². The van der Waals surface area contributed by atoms with Gasteiger partial charge in [0.15, 0.2) is 0 Å². The van der Waals surface area contributed by atoms with Crippen LogP contribution in [0.1, 0.15) is 24.8 Å². The number of aromatic nitrogens is 2. The van der Waals surface area contributed by atoms with Crippen LogP contribution in [0, 0.1) is 5.41 Å². The van der Waals surface area contributed by atoms with Crippen molar-refractivity contribution in [1.29, 1.82) is 0 Å². The van der Waals surface area contributed by atoms with Gasteiger partial charge in [0.05, 0.1) is 6.33 Å². The molecule has 0 N–H and O–H groups in total. The number of hydrogen-bond donors (Lipinski definition) is 0. The maximum absolute atomic E-state index is 12.5. The number of nitrogens with zero attached hydrogens (tertiary/aromatic N) is 4. The molecular formula is C20H24N4O2. The number of hydrogen-bond acceptors (Lipinski definition) is 3. The molecule has 3 heterocycles. The fourth-order valence-corrected chi connectivity index (χ4v) is 4.13. The number of amides is 2. The third kappa shape index (κ3) is 3.49. The highest BCUT2D eigenvalue weighted by molar-refractivity contribution is 5.80. The first-order valence-electron chi connectivity index (χ1n) is 9.19. The number of rotatable bonds is 4. The molecule has 2 aliphatic heterocycles. The molecule has 0 bridgehead atoms. The topological polar surface area (TPSA) is 58.4 Å². The molecule has 2 aliphatic rings. The van der Waals surface area contributed by atoms with E-state index in [4.69, 9.17) is 0 Å². The quantitative estimate of drug-likeness (QED) is 0.845. The van der Waals surface area contributed by atoms with E-state index in [0.29, 0.717) is 19.5 Å². The number of likely N-dealkylation sites (tertiary alicyclic amines) is 2. The molecule has 0 unspecified atom stereocenters. The predicted octanol–water partition coefficient (Wildman–Crippen LogP) is 1.92. The van der Waals surface area contributed by atoms with E-state index < -0.39 is 0 Å². The van der Waals surface area contributed by atoms with Gasteiger partial charge in [-0.2, -0.15) is 0 Å². The first-order chi connectivity index (χ1) is 12.6. The molecule has 2 fully saturated rings. The van der Waals surface area contributed by atoms with Gasteiger partial charge in [0.2, 0.25) is 11.8 Å². The summed E-state index contributed by atoms with van der Waals surface area (Å²) in [6.07, 6.45) is 7.58. The van der Waals surface area contributed by atoms with E-state index in [-0.39, 0.29) is 17.2 Å². The van der Waals surface area contributed by atoms with Crippen LogP contribution >= 0.6 is 0 Å². The summed E-state index contributed by atoms with van der Waals surface area (Å²) in [5, 5.41) is 0. The summed E-state index contributed by atoms with van der Waals surface area (Å²) in [6.45, 7) is 3.31. The summed E-state index contributed by atoms with van der Waals surface area (Å²) < 4.78 is 1.80. The summed E-state index contributed by atoms with van der Waals surface area (Å²) in [4.78, 5) is 32.8. The van der Waals surface area contributed by atoms with Crippen LogP contribution in [0.5, 0.6) is 0 Å². The van der Waals surface area contributed by atoms with Crippen LogP contribution < -0.4 is 0 Å². The molecule has 0 aliphatic carbocycles. The minimum Gasteiger partial charge on any atom is -0.341 e. The molecule has 6 nitrogen and oxygen atoms in total. The zero-order valence-corrected chi connectivity index (χ0v) is 14.9. The predicted molar refractivity (Wildman–Crippen MR) is 97.0 cm³/mol. The van der Waals surface area contributed by atoms with E-state index in [1.807, 2.05) is 28.0 Å². The Balaban J connectivity index is 1.33. The maximum atomic E-state index is 12.5. The van der Waals surface area contributed by atoms with Crippen molar-refractivity contribution in [3.8, 4) is 0 Å². The first-order valence-corrected chi connectivity index (χ1v) is 9.19. The molecule has 1 aromatic heterocycles. The lowest BCUT2D eigenvalue weighted by Crippen LogP contribution is -2.45. The van der Waals surface area contributed by atoms with Crippen LogP contribution in [-0.4, -0.2) is 50.8 Å². The van der Waals surface area contributed by atoms with Gasteiger partial charge >= 0.3 is 0 Å². The van der Waals surface area contributed by atoms with Gasteiger partial charge in [-0.3, -0.25) is 9.59 Å². The third-order valence-electron chi connectivity index (χ3n) is 5.68. The zero-order valence-electron chi connectivity index (χ0n) is 14.9. The number of benzene rings is 1. The second kappa shape index (κ2) is 6.94. The van der Waals surface area contributed by atoms with E-state index >= 15 is 0 Å². The lowest BCUT2D eigenvalue weighted by atomic mass is 9.77. The molecule has 0 radical (unpaired) electrons. The summed E-state index contributed by atoms with van der Waals surface area (Å²) in [5.41, 5.74) is 1.21. The Morgan fingerprint density at radius 3 is 2.62 bits per heavy atom. The molecular weight excluding hydrogens is 328 g/mol. The van der Waals surface area contributed by atoms with E-state index in [9.17, 15) is 9.59 Å². The molecule has 1 spiro atoms. The third-order valence-corrected chi connectivity index (χ3v) is 5.68.